The van der Waals surface area contributed by atoms with Gasteiger partial charge in [0.05, 0.1) is 17.2 Å². The number of aromatic amines is 1. The zero-order chi connectivity index (χ0) is 19.8. The highest BCUT2D eigenvalue weighted by Crippen LogP contribution is 2.36. The monoisotopic (exact) mass is 444 g/mol. The van der Waals surface area contributed by atoms with Gasteiger partial charge in [-0.2, -0.15) is 13.2 Å². The van der Waals surface area contributed by atoms with Crippen LogP contribution in [0.15, 0.2) is 16.7 Å². The standard InChI is InChI=1S/C15H11BrF6N2O2/c1-5(2)26-14(25)7-3-8(9(17)4-6(7)12(18)19)13-23-10(11(16)24-13)15(20,21)22/h3-5,12H,1-2H3,(H,23,24). The second kappa shape index (κ2) is 7.29. The van der Waals surface area contributed by atoms with Gasteiger partial charge in [0, 0.05) is 5.56 Å². The van der Waals surface area contributed by atoms with Crippen molar-refractivity contribution in [1.29, 1.82) is 0 Å². The lowest BCUT2D eigenvalue weighted by Crippen LogP contribution is -2.14. The number of hydrogen-bond acceptors (Lipinski definition) is 3. The molecule has 2 rings (SSSR count). The minimum Gasteiger partial charge on any atom is -0.459 e. The topological polar surface area (TPSA) is 55.0 Å². The minimum absolute atomic E-state index is 0.376. The van der Waals surface area contributed by atoms with Gasteiger partial charge in [0.1, 0.15) is 16.2 Å². The van der Waals surface area contributed by atoms with E-state index in [0.29, 0.717) is 12.1 Å². The molecule has 0 atom stereocenters. The van der Waals surface area contributed by atoms with E-state index in [1.54, 1.807) is 0 Å². The van der Waals surface area contributed by atoms with Crippen molar-refractivity contribution in [3.8, 4) is 11.4 Å². The van der Waals surface area contributed by atoms with Crippen LogP contribution in [0.3, 0.4) is 0 Å². The second-order valence-electron chi connectivity index (χ2n) is 5.42. The molecule has 0 saturated carbocycles. The van der Waals surface area contributed by atoms with Crippen LogP contribution in [-0.2, 0) is 10.9 Å². The summed E-state index contributed by atoms with van der Waals surface area (Å²) in [5.41, 5.74) is -3.46. The molecule has 0 aliphatic rings. The van der Waals surface area contributed by atoms with E-state index < -0.39 is 63.3 Å². The molecule has 1 N–H and O–H groups in total. The summed E-state index contributed by atoms with van der Waals surface area (Å²) in [6.07, 6.45) is -8.64. The normalized spacial score (nSPS) is 12.1. The summed E-state index contributed by atoms with van der Waals surface area (Å²) in [6.45, 7) is 2.95. The van der Waals surface area contributed by atoms with Crippen LogP contribution in [0.2, 0.25) is 0 Å². The van der Waals surface area contributed by atoms with Crippen molar-refractivity contribution in [1.82, 2.24) is 9.97 Å². The molecule has 1 heterocycles. The molecule has 0 amide bonds. The Morgan fingerprint density at radius 3 is 2.35 bits per heavy atom. The maximum Gasteiger partial charge on any atom is 0.433 e. The Morgan fingerprint density at radius 2 is 1.88 bits per heavy atom. The fourth-order valence-corrected chi connectivity index (χ4v) is 2.57. The van der Waals surface area contributed by atoms with Crippen molar-refractivity contribution >= 4 is 21.9 Å². The molecule has 0 bridgehead atoms. The number of carbonyl (C=O) groups excluding carboxylic acids is 1. The molecule has 0 unspecified atom stereocenters. The number of hydrogen-bond donors (Lipinski definition) is 1. The zero-order valence-corrected chi connectivity index (χ0v) is 14.8. The third-order valence-corrected chi connectivity index (χ3v) is 3.71. The number of benzene rings is 1. The van der Waals surface area contributed by atoms with E-state index in [0.717, 1.165) is 0 Å². The van der Waals surface area contributed by atoms with Gasteiger partial charge in [0.2, 0.25) is 0 Å². The van der Waals surface area contributed by atoms with Crippen LogP contribution >= 0.6 is 15.9 Å². The molecule has 0 aliphatic heterocycles. The van der Waals surface area contributed by atoms with Gasteiger partial charge in [-0.15, -0.1) is 0 Å². The summed E-state index contributed by atoms with van der Waals surface area (Å²) < 4.78 is 83.1. The maximum absolute atomic E-state index is 14.2. The Balaban J connectivity index is 2.62. The number of halogens is 7. The number of nitrogens with one attached hydrogen (secondary N) is 1. The summed E-state index contributed by atoms with van der Waals surface area (Å²) in [5.74, 6) is -3.00. The van der Waals surface area contributed by atoms with E-state index in [-0.39, 0.29) is 0 Å². The summed E-state index contributed by atoms with van der Waals surface area (Å²) >= 11 is 2.60. The van der Waals surface area contributed by atoms with Gasteiger partial charge in [-0.05, 0) is 41.9 Å². The molecule has 142 valence electrons. The molecule has 1 aromatic heterocycles. The van der Waals surface area contributed by atoms with E-state index in [2.05, 4.69) is 20.9 Å². The molecule has 0 fully saturated rings. The summed E-state index contributed by atoms with van der Waals surface area (Å²) in [7, 11) is 0. The van der Waals surface area contributed by atoms with Crippen molar-refractivity contribution in [3.05, 3.63) is 39.4 Å². The van der Waals surface area contributed by atoms with E-state index >= 15 is 0 Å². The van der Waals surface area contributed by atoms with Gasteiger partial charge in [0.15, 0.2) is 5.69 Å². The van der Waals surface area contributed by atoms with E-state index in [1.165, 1.54) is 13.8 Å². The molecule has 4 nitrogen and oxygen atoms in total. The molecule has 1 aromatic carbocycles. The van der Waals surface area contributed by atoms with Crippen LogP contribution in [-0.4, -0.2) is 22.0 Å². The third kappa shape index (κ3) is 4.19. The van der Waals surface area contributed by atoms with Crippen molar-refractivity contribution in [3.63, 3.8) is 0 Å². The van der Waals surface area contributed by atoms with Gasteiger partial charge in [-0.3, -0.25) is 0 Å². The number of ether oxygens (including phenoxy) is 1. The molecule has 11 heteroatoms. The summed E-state index contributed by atoms with van der Waals surface area (Å²) in [5, 5.41) is 0. The molecular formula is C15H11BrF6N2O2. The minimum atomic E-state index is -4.80. The molecule has 26 heavy (non-hydrogen) atoms. The first-order chi connectivity index (χ1) is 11.9. The number of rotatable bonds is 4. The van der Waals surface area contributed by atoms with Crippen LogP contribution < -0.4 is 0 Å². The lowest BCUT2D eigenvalue weighted by atomic mass is 10.0. The second-order valence-corrected chi connectivity index (χ2v) is 6.17. The van der Waals surface area contributed by atoms with E-state index in [1.807, 2.05) is 4.98 Å². The number of aromatic nitrogens is 2. The largest absolute Gasteiger partial charge is 0.459 e. The molecule has 2 aromatic rings. The number of alkyl halides is 5. The molecule has 0 radical (unpaired) electrons. The number of imidazole rings is 1. The fraction of sp³-hybridized carbons (Fsp3) is 0.333. The summed E-state index contributed by atoms with van der Waals surface area (Å²) in [4.78, 5) is 17.4. The zero-order valence-electron chi connectivity index (χ0n) is 13.2. The predicted molar refractivity (Wildman–Crippen MR) is 82.2 cm³/mol. The number of esters is 1. The van der Waals surface area contributed by atoms with E-state index in [4.69, 9.17) is 4.74 Å². The van der Waals surface area contributed by atoms with Crippen LogP contribution in [0.1, 0.15) is 41.9 Å². The third-order valence-electron chi connectivity index (χ3n) is 3.14. The number of H-pyrrole nitrogens is 1. The van der Waals surface area contributed by atoms with Gasteiger partial charge in [-0.25, -0.2) is 22.9 Å². The molecule has 0 aliphatic carbocycles. The highest BCUT2D eigenvalue weighted by atomic mass is 79.9. The first-order valence-electron chi connectivity index (χ1n) is 7.07. The number of carbonyl (C=O) groups is 1. The van der Waals surface area contributed by atoms with Crippen molar-refractivity contribution < 1.29 is 35.9 Å². The van der Waals surface area contributed by atoms with Crippen LogP contribution in [0.5, 0.6) is 0 Å². The van der Waals surface area contributed by atoms with Gasteiger partial charge >= 0.3 is 12.1 Å². The average molecular weight is 445 g/mol. The van der Waals surface area contributed by atoms with Crippen molar-refractivity contribution in [2.45, 2.75) is 32.6 Å². The predicted octanol–water partition coefficient (Wildman–Crippen LogP) is 5.50. The maximum atomic E-state index is 14.2. The SMILES string of the molecule is CC(C)OC(=O)c1cc(-c2nc(Br)c(C(F)(F)F)[nH]2)c(F)cc1C(F)F. The van der Waals surface area contributed by atoms with Crippen LogP contribution in [0.25, 0.3) is 11.4 Å². The Bertz CT molecular complexity index is 832. The lowest BCUT2D eigenvalue weighted by Gasteiger charge is -2.13. The first-order valence-corrected chi connectivity index (χ1v) is 7.86. The smallest absolute Gasteiger partial charge is 0.433 e. The molecular weight excluding hydrogens is 434 g/mol. The quantitative estimate of drug-likeness (QED) is 0.500. The highest BCUT2D eigenvalue weighted by molar-refractivity contribution is 9.10. The van der Waals surface area contributed by atoms with E-state index in [9.17, 15) is 31.1 Å². The van der Waals surface area contributed by atoms with Crippen molar-refractivity contribution in [2.24, 2.45) is 0 Å². The number of nitrogens with zero attached hydrogens (tertiary/aromatic N) is 1. The first kappa shape index (κ1) is 20.3. The van der Waals surface area contributed by atoms with Crippen LogP contribution in [0.4, 0.5) is 26.3 Å². The lowest BCUT2D eigenvalue weighted by molar-refractivity contribution is -0.141. The van der Waals surface area contributed by atoms with Gasteiger partial charge in [0.25, 0.3) is 6.43 Å². The Morgan fingerprint density at radius 1 is 1.27 bits per heavy atom. The Hall–Kier alpha value is -2.04. The average Bonchev–Trinajstić information content (AvgIpc) is 2.87. The Labute approximate surface area is 151 Å². The fourth-order valence-electron chi connectivity index (χ4n) is 2.07. The summed E-state index contributed by atoms with van der Waals surface area (Å²) in [6, 6.07) is 1.06. The molecule has 0 saturated heterocycles. The molecule has 0 spiro atoms. The highest BCUT2D eigenvalue weighted by Gasteiger charge is 2.37. The van der Waals surface area contributed by atoms with Crippen molar-refractivity contribution in [2.75, 3.05) is 0 Å². The van der Waals surface area contributed by atoms with Gasteiger partial charge in [-0.1, -0.05) is 0 Å². The Kier molecular flexibility index (Phi) is 5.69. The van der Waals surface area contributed by atoms with Crippen LogP contribution in [0, 0.1) is 5.82 Å². The van der Waals surface area contributed by atoms with Gasteiger partial charge < -0.3 is 9.72 Å².